The minimum atomic E-state index is -0.537. The van der Waals surface area contributed by atoms with Gasteiger partial charge in [-0.05, 0) is 42.5 Å². The van der Waals surface area contributed by atoms with Crippen LogP contribution in [-0.4, -0.2) is 23.5 Å². The minimum Gasteiger partial charge on any atom is -0.507 e. The van der Waals surface area contributed by atoms with Gasteiger partial charge in [-0.25, -0.2) is 0 Å². The Balaban J connectivity index is 1.91. The summed E-state index contributed by atoms with van der Waals surface area (Å²) in [5.41, 5.74) is 0.669. The third-order valence-electron chi connectivity index (χ3n) is 2.74. The van der Waals surface area contributed by atoms with Crippen LogP contribution in [0.25, 0.3) is 0 Å². The molecule has 114 valence electrons. The van der Waals surface area contributed by atoms with Gasteiger partial charge in [-0.2, -0.15) is 0 Å². The van der Waals surface area contributed by atoms with Gasteiger partial charge in [0.2, 0.25) is 5.91 Å². The molecule has 0 bridgehead atoms. The number of rotatable bonds is 4. The Hall–Kier alpha value is -2.05. The van der Waals surface area contributed by atoms with Crippen LogP contribution in [0.5, 0.6) is 5.75 Å². The fourth-order valence-corrected chi connectivity index (χ4v) is 2.17. The third kappa shape index (κ3) is 4.47. The molecule has 7 heteroatoms. The predicted octanol–water partition coefficient (Wildman–Crippen LogP) is 3.18. The van der Waals surface area contributed by atoms with E-state index in [0.29, 0.717) is 15.2 Å². The monoisotopic (exact) mass is 382 g/mol. The standard InChI is InChI=1S/C15H12BrClN2O3/c16-9-1-6-13(20)12(7-9)15(22)18-8-14(21)19-11-4-2-10(17)3-5-11/h1-7,20H,8H2,(H,18,22)(H,19,21). The highest BCUT2D eigenvalue weighted by atomic mass is 79.9. The first-order valence-corrected chi connectivity index (χ1v) is 7.45. The molecule has 0 aliphatic rings. The first-order valence-electron chi connectivity index (χ1n) is 6.28. The highest BCUT2D eigenvalue weighted by Gasteiger charge is 2.12. The van der Waals surface area contributed by atoms with E-state index in [-0.39, 0.29) is 23.8 Å². The summed E-state index contributed by atoms with van der Waals surface area (Å²) in [5, 5.41) is 15.3. The van der Waals surface area contributed by atoms with Gasteiger partial charge < -0.3 is 15.7 Å². The number of nitrogens with one attached hydrogen (secondary N) is 2. The molecular formula is C15H12BrClN2O3. The second-order valence-electron chi connectivity index (χ2n) is 4.40. The van der Waals surface area contributed by atoms with Crippen molar-refractivity contribution in [2.24, 2.45) is 0 Å². The molecule has 2 aromatic carbocycles. The van der Waals surface area contributed by atoms with Crippen molar-refractivity contribution in [2.75, 3.05) is 11.9 Å². The zero-order valence-corrected chi connectivity index (χ0v) is 13.6. The van der Waals surface area contributed by atoms with Crippen LogP contribution in [0, 0.1) is 0 Å². The van der Waals surface area contributed by atoms with Crippen molar-refractivity contribution in [3.8, 4) is 5.75 Å². The number of phenols is 1. The maximum atomic E-state index is 11.9. The third-order valence-corrected chi connectivity index (χ3v) is 3.49. The van der Waals surface area contributed by atoms with E-state index in [1.54, 1.807) is 30.3 Å². The van der Waals surface area contributed by atoms with Crippen LogP contribution in [0.15, 0.2) is 46.9 Å². The van der Waals surface area contributed by atoms with Gasteiger partial charge in [0.25, 0.3) is 5.91 Å². The Kier molecular flexibility index (Phi) is 5.41. The number of carbonyl (C=O) groups excluding carboxylic acids is 2. The zero-order chi connectivity index (χ0) is 16.1. The quantitative estimate of drug-likeness (QED) is 0.759. The summed E-state index contributed by atoms with van der Waals surface area (Å²) in [4.78, 5) is 23.7. The van der Waals surface area contributed by atoms with E-state index in [1.165, 1.54) is 12.1 Å². The maximum absolute atomic E-state index is 11.9. The Morgan fingerprint density at radius 1 is 1.14 bits per heavy atom. The van der Waals surface area contributed by atoms with E-state index in [4.69, 9.17) is 11.6 Å². The molecule has 2 amide bonds. The molecule has 22 heavy (non-hydrogen) atoms. The number of aromatic hydroxyl groups is 1. The fourth-order valence-electron chi connectivity index (χ4n) is 1.68. The van der Waals surface area contributed by atoms with Gasteiger partial charge in [-0.3, -0.25) is 9.59 Å². The van der Waals surface area contributed by atoms with Gasteiger partial charge in [0.1, 0.15) is 5.75 Å². The molecular weight excluding hydrogens is 372 g/mol. The number of carbonyl (C=O) groups is 2. The smallest absolute Gasteiger partial charge is 0.255 e. The van der Waals surface area contributed by atoms with E-state index in [2.05, 4.69) is 26.6 Å². The molecule has 5 nitrogen and oxygen atoms in total. The van der Waals surface area contributed by atoms with Crippen molar-refractivity contribution >= 4 is 45.0 Å². The van der Waals surface area contributed by atoms with Crippen LogP contribution in [0.2, 0.25) is 5.02 Å². The number of hydrogen-bond acceptors (Lipinski definition) is 3. The second kappa shape index (κ2) is 7.29. The van der Waals surface area contributed by atoms with Crippen molar-refractivity contribution in [3.05, 3.63) is 57.5 Å². The number of halogens is 2. The summed E-state index contributed by atoms with van der Waals surface area (Å²) < 4.78 is 0.654. The lowest BCUT2D eigenvalue weighted by Gasteiger charge is -2.08. The highest BCUT2D eigenvalue weighted by molar-refractivity contribution is 9.10. The molecule has 3 N–H and O–H groups in total. The number of phenolic OH excluding ortho intramolecular Hbond substituents is 1. The molecule has 0 radical (unpaired) electrons. The SMILES string of the molecule is O=C(CNC(=O)c1cc(Br)ccc1O)Nc1ccc(Cl)cc1. The first kappa shape index (κ1) is 16.3. The van der Waals surface area contributed by atoms with Crippen LogP contribution < -0.4 is 10.6 Å². The molecule has 0 aliphatic carbocycles. The van der Waals surface area contributed by atoms with Gasteiger partial charge in [0.05, 0.1) is 12.1 Å². The number of hydrogen-bond donors (Lipinski definition) is 3. The Morgan fingerprint density at radius 3 is 2.50 bits per heavy atom. The Bertz CT molecular complexity index is 704. The highest BCUT2D eigenvalue weighted by Crippen LogP contribution is 2.21. The lowest BCUT2D eigenvalue weighted by atomic mass is 10.2. The zero-order valence-electron chi connectivity index (χ0n) is 11.3. The Morgan fingerprint density at radius 2 is 1.82 bits per heavy atom. The number of anilines is 1. The molecule has 0 unspecified atom stereocenters. The van der Waals surface area contributed by atoms with Crippen molar-refractivity contribution < 1.29 is 14.7 Å². The summed E-state index contributed by atoms with van der Waals surface area (Å²) in [6, 6.07) is 11.1. The van der Waals surface area contributed by atoms with Crippen LogP contribution in [0.4, 0.5) is 5.69 Å². The molecule has 2 rings (SSSR count). The predicted molar refractivity (Wildman–Crippen MR) is 88.2 cm³/mol. The summed E-state index contributed by atoms with van der Waals surface area (Å²) in [6.07, 6.45) is 0. The topological polar surface area (TPSA) is 78.4 Å². The largest absolute Gasteiger partial charge is 0.507 e. The molecule has 0 spiro atoms. The maximum Gasteiger partial charge on any atom is 0.255 e. The molecule has 0 atom stereocenters. The van der Waals surface area contributed by atoms with Gasteiger partial charge in [0.15, 0.2) is 0 Å². The van der Waals surface area contributed by atoms with Crippen molar-refractivity contribution in [1.82, 2.24) is 5.32 Å². The molecule has 0 aromatic heterocycles. The van der Waals surface area contributed by atoms with E-state index in [1.807, 2.05) is 0 Å². The molecule has 0 saturated heterocycles. The average Bonchev–Trinajstić information content (AvgIpc) is 2.49. The lowest BCUT2D eigenvalue weighted by molar-refractivity contribution is -0.115. The number of benzene rings is 2. The lowest BCUT2D eigenvalue weighted by Crippen LogP contribution is -2.32. The van der Waals surface area contributed by atoms with Gasteiger partial charge >= 0.3 is 0 Å². The van der Waals surface area contributed by atoms with Gasteiger partial charge in [0, 0.05) is 15.2 Å². The fraction of sp³-hybridized carbons (Fsp3) is 0.0667. The normalized spacial score (nSPS) is 10.1. The summed E-state index contributed by atoms with van der Waals surface area (Å²) in [7, 11) is 0. The van der Waals surface area contributed by atoms with Crippen molar-refractivity contribution in [3.63, 3.8) is 0 Å². The van der Waals surface area contributed by atoms with Crippen LogP contribution in [0.1, 0.15) is 10.4 Å². The molecule has 0 fully saturated rings. The van der Waals surface area contributed by atoms with Crippen molar-refractivity contribution in [2.45, 2.75) is 0 Å². The molecule has 0 aliphatic heterocycles. The average molecular weight is 384 g/mol. The summed E-state index contributed by atoms with van der Waals surface area (Å²) >= 11 is 8.96. The number of amides is 2. The van der Waals surface area contributed by atoms with Gasteiger partial charge in [-0.15, -0.1) is 0 Å². The second-order valence-corrected chi connectivity index (χ2v) is 5.75. The van der Waals surface area contributed by atoms with E-state index < -0.39 is 5.91 Å². The van der Waals surface area contributed by atoms with E-state index in [9.17, 15) is 14.7 Å². The van der Waals surface area contributed by atoms with Crippen LogP contribution in [0.3, 0.4) is 0 Å². The first-order chi connectivity index (χ1) is 10.5. The van der Waals surface area contributed by atoms with Crippen LogP contribution >= 0.6 is 27.5 Å². The van der Waals surface area contributed by atoms with E-state index >= 15 is 0 Å². The molecule has 0 saturated carbocycles. The van der Waals surface area contributed by atoms with Gasteiger partial charge in [-0.1, -0.05) is 27.5 Å². The molecule has 2 aromatic rings. The van der Waals surface area contributed by atoms with Crippen LogP contribution in [-0.2, 0) is 4.79 Å². The van der Waals surface area contributed by atoms with Crippen molar-refractivity contribution in [1.29, 1.82) is 0 Å². The minimum absolute atomic E-state index is 0.0914. The Labute approximate surface area is 140 Å². The molecule has 0 heterocycles. The van der Waals surface area contributed by atoms with E-state index in [0.717, 1.165) is 0 Å². The summed E-state index contributed by atoms with van der Waals surface area (Å²) in [5.74, 6) is -1.07. The summed E-state index contributed by atoms with van der Waals surface area (Å²) in [6.45, 7) is -0.215.